The van der Waals surface area contributed by atoms with Crippen LogP contribution < -0.4 is 10.1 Å². The number of nitrogens with zero attached hydrogens (tertiary/aromatic N) is 1. The maximum absolute atomic E-state index is 11.9. The van der Waals surface area contributed by atoms with Crippen molar-refractivity contribution in [2.24, 2.45) is 0 Å². The van der Waals surface area contributed by atoms with E-state index in [0.717, 1.165) is 6.54 Å². The normalized spacial score (nSPS) is 14.5. The zero-order chi connectivity index (χ0) is 13.8. The van der Waals surface area contributed by atoms with Gasteiger partial charge in [0.15, 0.2) is 11.5 Å². The lowest BCUT2D eigenvalue weighted by atomic mass is 10.2. The number of nitrogens with one attached hydrogen (secondary N) is 1. The van der Waals surface area contributed by atoms with Crippen molar-refractivity contribution < 1.29 is 14.6 Å². The average molecular weight is 264 g/mol. The van der Waals surface area contributed by atoms with Crippen LogP contribution in [0.4, 0.5) is 0 Å². The Kier molecular flexibility index (Phi) is 4.27. The van der Waals surface area contributed by atoms with Crippen molar-refractivity contribution in [2.75, 3.05) is 27.2 Å². The summed E-state index contributed by atoms with van der Waals surface area (Å²) in [5, 5.41) is 12.5. The van der Waals surface area contributed by atoms with Crippen LogP contribution in [0.5, 0.6) is 11.5 Å². The summed E-state index contributed by atoms with van der Waals surface area (Å²) in [4.78, 5) is 14.1. The molecule has 2 rings (SSSR count). The zero-order valence-electron chi connectivity index (χ0n) is 11.3. The van der Waals surface area contributed by atoms with E-state index < -0.39 is 0 Å². The molecule has 0 atom stereocenters. The van der Waals surface area contributed by atoms with Crippen molar-refractivity contribution in [1.29, 1.82) is 0 Å². The van der Waals surface area contributed by atoms with Gasteiger partial charge in [-0.25, -0.2) is 0 Å². The van der Waals surface area contributed by atoms with E-state index in [9.17, 15) is 9.90 Å². The third-order valence-electron chi connectivity index (χ3n) is 3.36. The highest BCUT2D eigenvalue weighted by molar-refractivity contribution is 5.94. The van der Waals surface area contributed by atoms with Gasteiger partial charge < -0.3 is 20.1 Å². The first kappa shape index (κ1) is 13.7. The Balaban J connectivity index is 1.83. The Hall–Kier alpha value is -1.75. The molecule has 0 bridgehead atoms. The number of amides is 1. The predicted octanol–water partition coefficient (Wildman–Crippen LogP) is 1.22. The number of likely N-dealkylation sites (N-methyl/N-ethyl adjacent to an activating group) is 1. The molecule has 0 unspecified atom stereocenters. The van der Waals surface area contributed by atoms with Gasteiger partial charge in [0, 0.05) is 24.7 Å². The maximum Gasteiger partial charge on any atom is 0.251 e. The summed E-state index contributed by atoms with van der Waals surface area (Å²) >= 11 is 0. The number of phenols is 1. The van der Waals surface area contributed by atoms with Crippen LogP contribution in [0.25, 0.3) is 0 Å². The lowest BCUT2D eigenvalue weighted by Crippen LogP contribution is -2.33. The lowest BCUT2D eigenvalue weighted by Gasteiger charge is -2.15. The van der Waals surface area contributed by atoms with Crippen LogP contribution in [0.3, 0.4) is 0 Å². The molecule has 5 nitrogen and oxygen atoms in total. The van der Waals surface area contributed by atoms with Crippen LogP contribution in [0.1, 0.15) is 23.2 Å². The summed E-state index contributed by atoms with van der Waals surface area (Å²) in [5.74, 6) is 0.164. The molecule has 0 heterocycles. The fourth-order valence-electron chi connectivity index (χ4n) is 1.98. The predicted molar refractivity (Wildman–Crippen MR) is 72.6 cm³/mol. The quantitative estimate of drug-likeness (QED) is 0.811. The third-order valence-corrected chi connectivity index (χ3v) is 3.36. The average Bonchev–Trinajstić information content (AvgIpc) is 3.22. The monoisotopic (exact) mass is 264 g/mol. The van der Waals surface area contributed by atoms with Crippen molar-refractivity contribution in [3.05, 3.63) is 23.8 Å². The summed E-state index contributed by atoms with van der Waals surface area (Å²) in [7, 11) is 3.55. The number of hydrogen-bond acceptors (Lipinski definition) is 4. The van der Waals surface area contributed by atoms with Crippen LogP contribution >= 0.6 is 0 Å². The van der Waals surface area contributed by atoms with Gasteiger partial charge in [-0.05, 0) is 38.1 Å². The largest absolute Gasteiger partial charge is 0.504 e. The van der Waals surface area contributed by atoms with Crippen molar-refractivity contribution >= 4 is 5.91 Å². The number of methoxy groups -OCH3 is 1. The standard InChI is InChI=1S/C14H20N2O3/c1-16(11-4-5-11)8-7-15-14(18)10-3-6-13(19-2)12(17)9-10/h3,6,9,11,17H,4-5,7-8H2,1-2H3,(H,15,18). The molecule has 0 spiro atoms. The third kappa shape index (κ3) is 3.61. The summed E-state index contributed by atoms with van der Waals surface area (Å²) in [6.45, 7) is 1.46. The topological polar surface area (TPSA) is 61.8 Å². The molecule has 0 radical (unpaired) electrons. The molecule has 5 heteroatoms. The highest BCUT2D eigenvalue weighted by Crippen LogP contribution is 2.26. The number of phenolic OH excluding ortho intramolecular Hbond substituents is 1. The van der Waals surface area contributed by atoms with Crippen molar-refractivity contribution in [2.45, 2.75) is 18.9 Å². The van der Waals surface area contributed by atoms with Crippen LogP contribution in [0.2, 0.25) is 0 Å². The number of ether oxygens (including phenoxy) is 1. The van der Waals surface area contributed by atoms with Gasteiger partial charge in [-0.3, -0.25) is 4.79 Å². The Labute approximate surface area is 113 Å². The zero-order valence-corrected chi connectivity index (χ0v) is 11.3. The summed E-state index contributed by atoms with van der Waals surface area (Å²) in [6, 6.07) is 5.33. The van der Waals surface area contributed by atoms with E-state index in [2.05, 4.69) is 17.3 Å². The minimum atomic E-state index is -0.179. The number of aromatic hydroxyl groups is 1. The van der Waals surface area contributed by atoms with Gasteiger partial charge in [0.2, 0.25) is 0 Å². The van der Waals surface area contributed by atoms with E-state index in [1.54, 1.807) is 12.1 Å². The molecule has 1 aliphatic rings. The van der Waals surface area contributed by atoms with Crippen LogP contribution in [-0.4, -0.2) is 49.2 Å². The maximum atomic E-state index is 11.9. The van der Waals surface area contributed by atoms with Crippen LogP contribution in [-0.2, 0) is 0 Å². The Morgan fingerprint density at radius 1 is 1.53 bits per heavy atom. The van der Waals surface area contributed by atoms with Gasteiger partial charge in [-0.2, -0.15) is 0 Å². The lowest BCUT2D eigenvalue weighted by molar-refractivity contribution is 0.0949. The number of carbonyl (C=O) groups is 1. The van der Waals surface area contributed by atoms with E-state index in [1.165, 1.54) is 26.0 Å². The molecule has 19 heavy (non-hydrogen) atoms. The molecule has 1 fully saturated rings. The Morgan fingerprint density at radius 2 is 2.26 bits per heavy atom. The van der Waals surface area contributed by atoms with Gasteiger partial charge >= 0.3 is 0 Å². The number of carbonyl (C=O) groups excluding carboxylic acids is 1. The van der Waals surface area contributed by atoms with E-state index in [0.29, 0.717) is 23.9 Å². The molecule has 0 saturated heterocycles. The van der Waals surface area contributed by atoms with E-state index in [1.807, 2.05) is 0 Å². The second kappa shape index (κ2) is 5.93. The summed E-state index contributed by atoms with van der Waals surface area (Å²) in [5.41, 5.74) is 0.437. The Morgan fingerprint density at radius 3 is 2.84 bits per heavy atom. The van der Waals surface area contributed by atoms with Gasteiger partial charge in [-0.1, -0.05) is 0 Å². The Bertz CT molecular complexity index is 458. The SMILES string of the molecule is COc1ccc(C(=O)NCCN(C)C2CC2)cc1O. The highest BCUT2D eigenvalue weighted by Gasteiger charge is 2.25. The molecule has 1 aliphatic carbocycles. The minimum Gasteiger partial charge on any atom is -0.504 e. The second-order valence-electron chi connectivity index (χ2n) is 4.85. The fourth-order valence-corrected chi connectivity index (χ4v) is 1.98. The van der Waals surface area contributed by atoms with Crippen LogP contribution in [0.15, 0.2) is 18.2 Å². The molecule has 0 aromatic heterocycles. The summed E-state index contributed by atoms with van der Waals surface area (Å²) < 4.78 is 4.94. The molecule has 104 valence electrons. The minimum absolute atomic E-state index is 0.0229. The molecular formula is C14H20N2O3. The van der Waals surface area contributed by atoms with Gasteiger partial charge in [0.05, 0.1) is 7.11 Å². The molecular weight excluding hydrogens is 244 g/mol. The molecule has 0 aliphatic heterocycles. The molecule has 2 N–H and O–H groups in total. The van der Waals surface area contributed by atoms with E-state index in [-0.39, 0.29) is 11.7 Å². The number of hydrogen-bond donors (Lipinski definition) is 2. The summed E-state index contributed by atoms with van der Waals surface area (Å²) in [6.07, 6.45) is 2.52. The van der Waals surface area contributed by atoms with Gasteiger partial charge in [0.25, 0.3) is 5.91 Å². The first-order valence-corrected chi connectivity index (χ1v) is 6.47. The smallest absolute Gasteiger partial charge is 0.251 e. The van der Waals surface area contributed by atoms with Gasteiger partial charge in [-0.15, -0.1) is 0 Å². The first-order valence-electron chi connectivity index (χ1n) is 6.47. The van der Waals surface area contributed by atoms with Crippen molar-refractivity contribution in [3.63, 3.8) is 0 Å². The second-order valence-corrected chi connectivity index (χ2v) is 4.85. The molecule has 1 amide bonds. The van der Waals surface area contributed by atoms with Crippen molar-refractivity contribution in [3.8, 4) is 11.5 Å². The van der Waals surface area contributed by atoms with Crippen LogP contribution in [0, 0.1) is 0 Å². The fraction of sp³-hybridized carbons (Fsp3) is 0.500. The van der Waals surface area contributed by atoms with Gasteiger partial charge in [0.1, 0.15) is 0 Å². The van der Waals surface area contributed by atoms with E-state index >= 15 is 0 Å². The highest BCUT2D eigenvalue weighted by atomic mass is 16.5. The van der Waals surface area contributed by atoms with E-state index in [4.69, 9.17) is 4.74 Å². The molecule has 1 aromatic carbocycles. The number of benzene rings is 1. The molecule has 1 aromatic rings. The first-order chi connectivity index (χ1) is 9.11. The molecule has 1 saturated carbocycles. The number of rotatable bonds is 6. The van der Waals surface area contributed by atoms with Crippen molar-refractivity contribution in [1.82, 2.24) is 10.2 Å².